The Bertz CT molecular complexity index is 1130. The van der Waals surface area contributed by atoms with E-state index in [4.69, 9.17) is 4.74 Å². The Balaban J connectivity index is 1.35. The molecule has 0 bridgehead atoms. The van der Waals surface area contributed by atoms with Gasteiger partial charge in [-0.3, -0.25) is 14.4 Å². The number of amides is 3. The fourth-order valence-corrected chi connectivity index (χ4v) is 5.60. The Labute approximate surface area is 204 Å². The summed E-state index contributed by atoms with van der Waals surface area (Å²) in [5.74, 6) is 0.495. The second kappa shape index (κ2) is 9.41. The second-order valence-corrected chi connectivity index (χ2v) is 10.1. The number of aromatic nitrogens is 3. The van der Waals surface area contributed by atoms with Crippen LogP contribution in [0.15, 0.2) is 24.7 Å². The number of nitrogens with one attached hydrogen (secondary N) is 3. The van der Waals surface area contributed by atoms with E-state index in [0.29, 0.717) is 43.5 Å². The molecule has 3 N–H and O–H groups in total. The van der Waals surface area contributed by atoms with Gasteiger partial charge in [-0.05, 0) is 37.5 Å². The van der Waals surface area contributed by atoms with Crippen LogP contribution in [0.2, 0.25) is 0 Å². The zero-order chi connectivity index (χ0) is 24.6. The molecule has 1 atom stereocenters. The number of aryl methyl sites for hydroxylation is 1. The van der Waals surface area contributed by atoms with E-state index in [0.717, 1.165) is 31.2 Å². The molecule has 1 spiro atoms. The molecular formula is C25H32N6O4. The molecule has 35 heavy (non-hydrogen) atoms. The molecule has 3 amide bonds. The SMILES string of the molecule is CC1CCC([C@H](NC(=O)c2nccn2C)C(=O)Nc2cc3c(cn2)C2(CCOCC2)C(=O)N3)CC1. The molecule has 1 saturated heterocycles. The molecule has 0 unspecified atom stereocenters. The van der Waals surface area contributed by atoms with Crippen LogP contribution in [-0.4, -0.2) is 51.5 Å². The Hall–Kier alpha value is -3.27. The summed E-state index contributed by atoms with van der Waals surface area (Å²) in [5.41, 5.74) is 0.910. The first-order chi connectivity index (χ1) is 16.9. The largest absolute Gasteiger partial charge is 0.381 e. The molecule has 3 aliphatic rings. The third-order valence-electron chi connectivity index (χ3n) is 7.83. The van der Waals surface area contributed by atoms with E-state index in [1.807, 2.05) is 0 Å². The minimum Gasteiger partial charge on any atom is -0.381 e. The number of pyridine rings is 1. The maximum atomic E-state index is 13.4. The van der Waals surface area contributed by atoms with E-state index in [1.54, 1.807) is 36.3 Å². The van der Waals surface area contributed by atoms with Gasteiger partial charge in [0.2, 0.25) is 11.8 Å². The Morgan fingerprint density at radius 2 is 1.94 bits per heavy atom. The van der Waals surface area contributed by atoms with E-state index in [-0.39, 0.29) is 29.5 Å². The van der Waals surface area contributed by atoms with E-state index in [1.165, 1.54) is 0 Å². The Morgan fingerprint density at radius 1 is 1.20 bits per heavy atom. The normalized spacial score (nSPS) is 23.9. The fourth-order valence-electron chi connectivity index (χ4n) is 5.60. The molecule has 10 nitrogen and oxygen atoms in total. The summed E-state index contributed by atoms with van der Waals surface area (Å²) in [4.78, 5) is 47.7. The maximum Gasteiger partial charge on any atom is 0.287 e. The van der Waals surface area contributed by atoms with E-state index < -0.39 is 11.5 Å². The fraction of sp³-hybridized carbons (Fsp3) is 0.560. The first kappa shape index (κ1) is 23.5. The van der Waals surface area contributed by atoms with Gasteiger partial charge < -0.3 is 25.3 Å². The highest BCUT2D eigenvalue weighted by molar-refractivity contribution is 6.07. The molecule has 5 rings (SSSR count). The first-order valence-electron chi connectivity index (χ1n) is 12.4. The summed E-state index contributed by atoms with van der Waals surface area (Å²) in [6.07, 6.45) is 9.90. The lowest BCUT2D eigenvalue weighted by Crippen LogP contribution is -2.49. The van der Waals surface area contributed by atoms with Crippen molar-refractivity contribution >= 4 is 29.2 Å². The van der Waals surface area contributed by atoms with Gasteiger partial charge >= 0.3 is 0 Å². The molecule has 4 heterocycles. The maximum absolute atomic E-state index is 13.4. The van der Waals surface area contributed by atoms with Crippen molar-refractivity contribution in [3.05, 3.63) is 36.0 Å². The lowest BCUT2D eigenvalue weighted by molar-refractivity contribution is -0.124. The van der Waals surface area contributed by atoms with Crippen LogP contribution in [0, 0.1) is 11.8 Å². The van der Waals surface area contributed by atoms with Crippen LogP contribution >= 0.6 is 0 Å². The number of fused-ring (bicyclic) bond motifs is 2. The highest BCUT2D eigenvalue weighted by Crippen LogP contribution is 2.44. The molecule has 1 aliphatic carbocycles. The van der Waals surface area contributed by atoms with Crippen LogP contribution in [-0.2, 0) is 26.8 Å². The zero-order valence-electron chi connectivity index (χ0n) is 20.2. The number of rotatable bonds is 5. The molecule has 2 aromatic rings. The number of carbonyl (C=O) groups excluding carboxylic acids is 3. The molecule has 10 heteroatoms. The highest BCUT2D eigenvalue weighted by atomic mass is 16.5. The van der Waals surface area contributed by atoms with Crippen molar-refractivity contribution in [2.45, 2.75) is 56.9 Å². The average molecular weight is 481 g/mol. The summed E-state index contributed by atoms with van der Waals surface area (Å²) in [6, 6.07) is 0.994. The molecular weight excluding hydrogens is 448 g/mol. The zero-order valence-corrected chi connectivity index (χ0v) is 20.2. The smallest absolute Gasteiger partial charge is 0.287 e. The third-order valence-corrected chi connectivity index (χ3v) is 7.83. The van der Waals surface area contributed by atoms with Crippen molar-refractivity contribution in [1.29, 1.82) is 0 Å². The van der Waals surface area contributed by atoms with Gasteiger partial charge in [-0.25, -0.2) is 9.97 Å². The number of carbonyl (C=O) groups is 3. The standard InChI is InChI=1S/C25H32N6O4/c1-15-3-5-16(6-4-15)20(30-23(33)21-26-9-10-31(21)2)22(32)29-19-13-18-17(14-27-19)25(24(34)28-18)7-11-35-12-8-25/h9-10,13-16,20H,3-8,11-12H2,1-2H3,(H,28,34)(H,30,33)(H,27,29,32)/t15?,16?,20-/m0/s1. The van der Waals surface area contributed by atoms with Gasteiger partial charge in [-0.2, -0.15) is 0 Å². The molecule has 0 aromatic carbocycles. The van der Waals surface area contributed by atoms with Crippen LogP contribution in [0.25, 0.3) is 0 Å². The van der Waals surface area contributed by atoms with Crippen molar-refractivity contribution in [2.24, 2.45) is 18.9 Å². The number of nitrogens with zero attached hydrogens (tertiary/aromatic N) is 3. The minimum atomic E-state index is -0.710. The molecule has 2 fully saturated rings. The summed E-state index contributed by atoms with van der Waals surface area (Å²) in [7, 11) is 1.74. The van der Waals surface area contributed by atoms with Gasteiger partial charge in [0, 0.05) is 50.5 Å². The topological polar surface area (TPSA) is 127 Å². The number of ether oxygens (including phenoxy) is 1. The van der Waals surface area contributed by atoms with Gasteiger partial charge in [0.05, 0.1) is 11.1 Å². The van der Waals surface area contributed by atoms with Crippen molar-refractivity contribution in [1.82, 2.24) is 19.9 Å². The second-order valence-electron chi connectivity index (χ2n) is 10.1. The average Bonchev–Trinajstić information content (AvgIpc) is 3.39. The van der Waals surface area contributed by atoms with Crippen LogP contribution in [0.1, 0.15) is 61.6 Å². The monoisotopic (exact) mass is 480 g/mol. The third kappa shape index (κ3) is 4.42. The summed E-state index contributed by atoms with van der Waals surface area (Å²) >= 11 is 0. The quantitative estimate of drug-likeness (QED) is 0.603. The van der Waals surface area contributed by atoms with Crippen molar-refractivity contribution in [2.75, 3.05) is 23.8 Å². The first-order valence-corrected chi connectivity index (χ1v) is 12.4. The van der Waals surface area contributed by atoms with Gasteiger partial charge in [-0.1, -0.05) is 19.8 Å². The summed E-state index contributed by atoms with van der Waals surface area (Å²) in [5, 5.41) is 8.77. The summed E-state index contributed by atoms with van der Waals surface area (Å²) in [6.45, 7) is 3.27. The van der Waals surface area contributed by atoms with Crippen LogP contribution in [0.3, 0.4) is 0 Å². The van der Waals surface area contributed by atoms with Crippen LogP contribution in [0.4, 0.5) is 11.5 Å². The van der Waals surface area contributed by atoms with Gasteiger partial charge in [0.25, 0.3) is 5.91 Å². The molecule has 186 valence electrons. The lowest BCUT2D eigenvalue weighted by Gasteiger charge is -2.32. The number of anilines is 2. The van der Waals surface area contributed by atoms with Crippen molar-refractivity contribution < 1.29 is 19.1 Å². The van der Waals surface area contributed by atoms with E-state index in [2.05, 4.69) is 32.8 Å². The van der Waals surface area contributed by atoms with Gasteiger partial charge in [-0.15, -0.1) is 0 Å². The Kier molecular flexibility index (Phi) is 6.31. The molecule has 0 radical (unpaired) electrons. The van der Waals surface area contributed by atoms with Crippen molar-refractivity contribution in [3.8, 4) is 0 Å². The molecule has 1 saturated carbocycles. The predicted octanol–water partition coefficient (Wildman–Crippen LogP) is 2.38. The molecule has 2 aromatic heterocycles. The van der Waals surface area contributed by atoms with Gasteiger partial charge in [0.15, 0.2) is 5.82 Å². The lowest BCUT2D eigenvalue weighted by atomic mass is 9.76. The van der Waals surface area contributed by atoms with Crippen LogP contribution < -0.4 is 16.0 Å². The minimum absolute atomic E-state index is 0.0232. The highest BCUT2D eigenvalue weighted by Gasteiger charge is 2.48. The number of imidazole rings is 1. The summed E-state index contributed by atoms with van der Waals surface area (Å²) < 4.78 is 7.08. The van der Waals surface area contributed by atoms with E-state index in [9.17, 15) is 14.4 Å². The number of hydrogen-bond donors (Lipinski definition) is 3. The number of hydrogen-bond acceptors (Lipinski definition) is 6. The Morgan fingerprint density at radius 3 is 2.63 bits per heavy atom. The van der Waals surface area contributed by atoms with Gasteiger partial charge in [0.1, 0.15) is 11.9 Å². The molecule has 2 aliphatic heterocycles. The van der Waals surface area contributed by atoms with E-state index >= 15 is 0 Å². The predicted molar refractivity (Wildman–Crippen MR) is 129 cm³/mol. The van der Waals surface area contributed by atoms with Crippen molar-refractivity contribution in [3.63, 3.8) is 0 Å². The van der Waals surface area contributed by atoms with Crippen LogP contribution in [0.5, 0.6) is 0 Å².